The van der Waals surface area contributed by atoms with E-state index in [1.54, 1.807) is 12.1 Å². The van der Waals surface area contributed by atoms with E-state index in [9.17, 15) is 4.79 Å². The number of hydrogen-bond donors (Lipinski definition) is 0. The molecular weight excluding hydrogens is 284 g/mol. The minimum atomic E-state index is -0.385. The van der Waals surface area contributed by atoms with E-state index in [-0.39, 0.29) is 17.1 Å². The van der Waals surface area contributed by atoms with E-state index in [2.05, 4.69) is 6.07 Å². The standard InChI is InChI=1S/C17H19ClN2O/c1-17(2)8-13(14(16(17)21)10-20(3)4)12-6-5-11(9-19)7-15(12)18/h5-7,10,13H,8H2,1-4H3/b14-10-. The molecule has 0 aromatic heterocycles. The predicted octanol–water partition coefficient (Wildman–Crippen LogP) is 3.74. The Kier molecular flexibility index (Phi) is 4.11. The van der Waals surface area contributed by atoms with Crippen LogP contribution < -0.4 is 0 Å². The number of carbonyl (C=O) groups is 1. The molecule has 0 saturated heterocycles. The van der Waals surface area contributed by atoms with Crippen LogP contribution in [0.15, 0.2) is 30.0 Å². The summed E-state index contributed by atoms with van der Waals surface area (Å²) in [6, 6.07) is 7.37. The fourth-order valence-corrected chi connectivity index (χ4v) is 3.16. The van der Waals surface area contributed by atoms with Crippen LogP contribution in [0.4, 0.5) is 0 Å². The molecule has 2 rings (SSSR count). The predicted molar refractivity (Wildman–Crippen MR) is 84.1 cm³/mol. The van der Waals surface area contributed by atoms with Crippen molar-refractivity contribution in [2.45, 2.75) is 26.2 Å². The van der Waals surface area contributed by atoms with Crippen LogP contribution >= 0.6 is 11.6 Å². The molecule has 0 radical (unpaired) electrons. The Hall–Kier alpha value is -1.79. The van der Waals surface area contributed by atoms with Gasteiger partial charge in [-0.2, -0.15) is 5.26 Å². The number of Topliss-reactive ketones (excluding diaryl/α,β-unsaturated/α-hetero) is 1. The Balaban J connectivity index is 2.52. The highest BCUT2D eigenvalue weighted by molar-refractivity contribution is 6.31. The van der Waals surface area contributed by atoms with Gasteiger partial charge in [0.1, 0.15) is 0 Å². The topological polar surface area (TPSA) is 44.1 Å². The molecule has 1 aliphatic carbocycles. The average molecular weight is 303 g/mol. The summed E-state index contributed by atoms with van der Waals surface area (Å²) in [7, 11) is 3.81. The van der Waals surface area contributed by atoms with Gasteiger partial charge in [-0.3, -0.25) is 4.79 Å². The lowest BCUT2D eigenvalue weighted by molar-refractivity contribution is -0.121. The van der Waals surface area contributed by atoms with Crippen LogP contribution in [0.2, 0.25) is 5.02 Å². The third kappa shape index (κ3) is 2.96. The molecule has 1 atom stereocenters. The Bertz CT molecular complexity index is 653. The maximum Gasteiger partial charge on any atom is 0.166 e. The van der Waals surface area contributed by atoms with E-state index in [1.165, 1.54) is 0 Å². The van der Waals surface area contributed by atoms with Gasteiger partial charge >= 0.3 is 0 Å². The molecule has 0 N–H and O–H groups in total. The van der Waals surface area contributed by atoms with Crippen LogP contribution in [0, 0.1) is 16.7 Å². The second kappa shape index (κ2) is 5.54. The van der Waals surface area contributed by atoms with E-state index in [4.69, 9.17) is 16.9 Å². The molecule has 4 heteroatoms. The largest absolute Gasteiger partial charge is 0.383 e. The lowest BCUT2D eigenvalue weighted by atomic mass is 9.88. The Morgan fingerprint density at radius 1 is 1.43 bits per heavy atom. The SMILES string of the molecule is CN(C)/C=C1\C(=O)C(C)(C)CC1c1ccc(C#N)cc1Cl. The molecule has 1 aromatic rings. The van der Waals surface area contributed by atoms with Crippen molar-refractivity contribution >= 4 is 17.4 Å². The van der Waals surface area contributed by atoms with Gasteiger partial charge in [0.05, 0.1) is 11.6 Å². The van der Waals surface area contributed by atoms with Gasteiger partial charge in [-0.05, 0) is 24.1 Å². The van der Waals surface area contributed by atoms with E-state index in [1.807, 2.05) is 45.1 Å². The summed E-state index contributed by atoms with van der Waals surface area (Å²) in [6.45, 7) is 3.94. The first-order valence-corrected chi connectivity index (χ1v) is 7.26. The monoisotopic (exact) mass is 302 g/mol. The van der Waals surface area contributed by atoms with Crippen molar-refractivity contribution < 1.29 is 4.79 Å². The molecule has 110 valence electrons. The normalized spacial score (nSPS) is 22.4. The molecule has 0 spiro atoms. The van der Waals surface area contributed by atoms with Crippen LogP contribution in [0.25, 0.3) is 0 Å². The van der Waals surface area contributed by atoms with Crippen LogP contribution in [0.5, 0.6) is 0 Å². The Morgan fingerprint density at radius 2 is 2.10 bits per heavy atom. The quantitative estimate of drug-likeness (QED) is 0.782. The molecule has 3 nitrogen and oxygen atoms in total. The number of nitriles is 1. The summed E-state index contributed by atoms with van der Waals surface area (Å²) in [4.78, 5) is 14.5. The van der Waals surface area contributed by atoms with E-state index in [0.29, 0.717) is 10.6 Å². The highest BCUT2D eigenvalue weighted by Crippen LogP contribution is 2.48. The maximum atomic E-state index is 12.6. The molecule has 21 heavy (non-hydrogen) atoms. The fourth-order valence-electron chi connectivity index (χ4n) is 2.85. The highest BCUT2D eigenvalue weighted by atomic mass is 35.5. The number of ketones is 1. The second-order valence-electron chi connectivity index (χ2n) is 6.37. The Morgan fingerprint density at radius 3 is 2.62 bits per heavy atom. The lowest BCUT2D eigenvalue weighted by Gasteiger charge is -2.16. The summed E-state index contributed by atoms with van der Waals surface area (Å²) in [6.07, 6.45) is 2.62. The molecule has 1 saturated carbocycles. The summed E-state index contributed by atoms with van der Waals surface area (Å²) in [5.41, 5.74) is 1.86. The molecule has 0 aliphatic heterocycles. The van der Waals surface area contributed by atoms with Crippen molar-refractivity contribution in [1.82, 2.24) is 4.90 Å². The average Bonchev–Trinajstić information content (AvgIpc) is 2.61. The van der Waals surface area contributed by atoms with Crippen LogP contribution in [0.3, 0.4) is 0 Å². The second-order valence-corrected chi connectivity index (χ2v) is 6.77. The molecule has 1 aliphatic rings. The van der Waals surface area contributed by atoms with Gasteiger partial charge in [-0.25, -0.2) is 0 Å². The van der Waals surface area contributed by atoms with Crippen molar-refractivity contribution in [1.29, 1.82) is 5.26 Å². The Labute approximate surface area is 130 Å². The molecule has 0 heterocycles. The number of hydrogen-bond acceptors (Lipinski definition) is 3. The maximum absolute atomic E-state index is 12.6. The van der Waals surface area contributed by atoms with Crippen molar-refractivity contribution in [2.24, 2.45) is 5.41 Å². The fraction of sp³-hybridized carbons (Fsp3) is 0.412. The molecule has 1 fully saturated rings. The van der Waals surface area contributed by atoms with Crippen LogP contribution in [0.1, 0.15) is 37.3 Å². The smallest absolute Gasteiger partial charge is 0.166 e. The number of carbonyl (C=O) groups excluding carboxylic acids is 1. The van der Waals surface area contributed by atoms with Crippen LogP contribution in [-0.4, -0.2) is 24.8 Å². The van der Waals surface area contributed by atoms with Crippen molar-refractivity contribution in [3.63, 3.8) is 0 Å². The van der Waals surface area contributed by atoms with Crippen molar-refractivity contribution in [3.8, 4) is 6.07 Å². The molecule has 1 unspecified atom stereocenters. The number of benzene rings is 1. The molecule has 0 amide bonds. The summed E-state index contributed by atoms with van der Waals surface area (Å²) in [5, 5.41) is 9.48. The van der Waals surface area contributed by atoms with Gasteiger partial charge < -0.3 is 4.90 Å². The minimum absolute atomic E-state index is 0.0184. The third-order valence-corrected chi connectivity index (χ3v) is 4.20. The number of halogens is 1. The van der Waals surface area contributed by atoms with Gasteiger partial charge in [0.15, 0.2) is 5.78 Å². The van der Waals surface area contributed by atoms with Gasteiger partial charge in [-0.15, -0.1) is 0 Å². The van der Waals surface area contributed by atoms with E-state index >= 15 is 0 Å². The number of rotatable bonds is 2. The zero-order valence-corrected chi connectivity index (χ0v) is 13.5. The van der Waals surface area contributed by atoms with Gasteiger partial charge in [0.25, 0.3) is 0 Å². The highest BCUT2D eigenvalue weighted by Gasteiger charge is 2.44. The minimum Gasteiger partial charge on any atom is -0.383 e. The zero-order valence-electron chi connectivity index (χ0n) is 12.8. The summed E-state index contributed by atoms with van der Waals surface area (Å²) in [5.74, 6) is 0.150. The third-order valence-electron chi connectivity index (χ3n) is 3.87. The van der Waals surface area contributed by atoms with Crippen molar-refractivity contribution in [3.05, 3.63) is 46.1 Å². The first-order chi connectivity index (χ1) is 9.76. The zero-order chi connectivity index (χ0) is 15.8. The van der Waals surface area contributed by atoms with E-state index < -0.39 is 0 Å². The lowest BCUT2D eigenvalue weighted by Crippen LogP contribution is -2.18. The van der Waals surface area contributed by atoms with Crippen molar-refractivity contribution in [2.75, 3.05) is 14.1 Å². The van der Waals surface area contributed by atoms with Gasteiger partial charge in [0, 0.05) is 42.2 Å². The summed E-state index contributed by atoms with van der Waals surface area (Å²) < 4.78 is 0. The first-order valence-electron chi connectivity index (χ1n) is 6.89. The number of nitrogens with zero attached hydrogens (tertiary/aromatic N) is 2. The van der Waals surface area contributed by atoms with E-state index in [0.717, 1.165) is 17.6 Å². The summed E-state index contributed by atoms with van der Waals surface area (Å²) >= 11 is 6.33. The van der Waals surface area contributed by atoms with Gasteiger partial charge in [0.2, 0.25) is 0 Å². The number of allylic oxidation sites excluding steroid dienone is 1. The van der Waals surface area contributed by atoms with Gasteiger partial charge in [-0.1, -0.05) is 31.5 Å². The molecule has 1 aromatic carbocycles. The van der Waals surface area contributed by atoms with Crippen LogP contribution in [-0.2, 0) is 4.79 Å². The first kappa shape index (κ1) is 15.6. The molecule has 0 bridgehead atoms. The molecular formula is C17H19ClN2O.